The Balaban J connectivity index is 0.00000225. The summed E-state index contributed by atoms with van der Waals surface area (Å²) in [6, 6.07) is 8.28. The van der Waals surface area contributed by atoms with Crippen LogP contribution in [0.2, 0.25) is 0 Å². The molecule has 5 nitrogen and oxygen atoms in total. The highest BCUT2D eigenvalue weighted by Gasteiger charge is 2.37. The Morgan fingerprint density at radius 1 is 1.04 bits per heavy atom. The maximum atomic E-state index is 13.2. The number of nitrogens with zero attached hydrogens (tertiary/aromatic N) is 2. The minimum atomic E-state index is -3.39. The summed E-state index contributed by atoms with van der Waals surface area (Å²) >= 11 is 0. The lowest BCUT2D eigenvalue weighted by Gasteiger charge is -2.38. The molecule has 2 aliphatic heterocycles. The molecule has 0 radical (unpaired) electrons. The minimum absolute atomic E-state index is 0. The molecule has 0 bridgehead atoms. The Hall–Kier alpha value is -0.660. The zero-order valence-electron chi connectivity index (χ0n) is 15.0. The first-order chi connectivity index (χ1) is 11.6. The van der Waals surface area contributed by atoms with Gasteiger partial charge in [-0.25, -0.2) is 0 Å². The van der Waals surface area contributed by atoms with Crippen LogP contribution in [0.4, 0.5) is 0 Å². The van der Waals surface area contributed by atoms with Crippen molar-refractivity contribution in [3.05, 3.63) is 35.4 Å². The normalized spacial score (nSPS) is 23.6. The fourth-order valence-corrected chi connectivity index (χ4v) is 5.50. The molecule has 1 atom stereocenters. The Labute approximate surface area is 158 Å². The van der Waals surface area contributed by atoms with Gasteiger partial charge in [0.15, 0.2) is 0 Å². The van der Waals surface area contributed by atoms with Crippen molar-refractivity contribution in [2.24, 2.45) is 0 Å². The van der Waals surface area contributed by atoms with Crippen LogP contribution in [0.25, 0.3) is 0 Å². The van der Waals surface area contributed by atoms with Crippen molar-refractivity contribution in [1.29, 1.82) is 0 Å². The molecule has 1 aromatic carbocycles. The van der Waals surface area contributed by atoms with Gasteiger partial charge in [-0.3, -0.25) is 0 Å². The Morgan fingerprint density at radius 3 is 2.28 bits per heavy atom. The van der Waals surface area contributed by atoms with Crippen LogP contribution in [0.5, 0.6) is 0 Å². The molecule has 25 heavy (non-hydrogen) atoms. The molecule has 1 N–H and O–H groups in total. The molecule has 142 valence electrons. The van der Waals surface area contributed by atoms with Crippen molar-refractivity contribution < 1.29 is 8.42 Å². The van der Waals surface area contributed by atoms with Crippen LogP contribution in [0.1, 0.15) is 49.8 Å². The lowest BCUT2D eigenvalue weighted by molar-refractivity contribution is 0.247. The molecule has 0 saturated carbocycles. The second-order valence-corrected chi connectivity index (χ2v) is 8.63. The predicted molar refractivity (Wildman–Crippen MR) is 104 cm³/mol. The van der Waals surface area contributed by atoms with Gasteiger partial charge in [-0.05, 0) is 30.4 Å². The highest BCUT2D eigenvalue weighted by molar-refractivity contribution is 7.86. The first-order valence-electron chi connectivity index (χ1n) is 9.19. The van der Waals surface area contributed by atoms with E-state index in [0.29, 0.717) is 26.2 Å². The summed E-state index contributed by atoms with van der Waals surface area (Å²) in [6.45, 7) is 5.39. The van der Waals surface area contributed by atoms with Crippen molar-refractivity contribution in [1.82, 2.24) is 13.9 Å². The van der Waals surface area contributed by atoms with E-state index in [1.165, 1.54) is 5.56 Å². The Bertz CT molecular complexity index is 628. The van der Waals surface area contributed by atoms with Crippen LogP contribution in [0, 0.1) is 0 Å². The monoisotopic (exact) mass is 387 g/mol. The van der Waals surface area contributed by atoms with E-state index in [1.807, 2.05) is 0 Å². The molecule has 2 heterocycles. The van der Waals surface area contributed by atoms with E-state index in [1.54, 1.807) is 8.61 Å². The third-order valence-electron chi connectivity index (χ3n) is 5.15. The van der Waals surface area contributed by atoms with Crippen molar-refractivity contribution in [3.8, 4) is 0 Å². The zero-order chi connectivity index (χ0) is 17.0. The molecular weight excluding hydrogens is 358 g/mol. The summed E-state index contributed by atoms with van der Waals surface area (Å²) in [7, 11) is -3.39. The average Bonchev–Trinajstić information content (AvgIpc) is 2.92. The number of benzene rings is 1. The van der Waals surface area contributed by atoms with Crippen LogP contribution >= 0.6 is 12.4 Å². The lowest BCUT2D eigenvalue weighted by Crippen LogP contribution is -2.53. The van der Waals surface area contributed by atoms with Crippen molar-refractivity contribution >= 4 is 22.6 Å². The molecule has 0 amide bonds. The zero-order valence-corrected chi connectivity index (χ0v) is 16.6. The van der Waals surface area contributed by atoms with E-state index in [0.717, 1.165) is 44.2 Å². The Kier molecular flexibility index (Phi) is 7.70. The van der Waals surface area contributed by atoms with E-state index in [4.69, 9.17) is 0 Å². The number of aryl methyl sites for hydroxylation is 1. The molecule has 0 aromatic heterocycles. The first-order valence-corrected chi connectivity index (χ1v) is 10.6. The molecule has 2 saturated heterocycles. The van der Waals surface area contributed by atoms with Gasteiger partial charge in [0.25, 0.3) is 10.2 Å². The van der Waals surface area contributed by atoms with Gasteiger partial charge in [0, 0.05) is 32.7 Å². The largest absolute Gasteiger partial charge is 0.313 e. The van der Waals surface area contributed by atoms with E-state index < -0.39 is 10.2 Å². The van der Waals surface area contributed by atoms with Gasteiger partial charge in [-0.1, -0.05) is 44.0 Å². The molecular formula is C18H30ClN3O2S. The maximum Gasteiger partial charge on any atom is 0.282 e. The second kappa shape index (κ2) is 9.33. The van der Waals surface area contributed by atoms with E-state index in [9.17, 15) is 8.42 Å². The molecule has 2 fully saturated rings. The van der Waals surface area contributed by atoms with Gasteiger partial charge in [-0.2, -0.15) is 17.0 Å². The third kappa shape index (κ3) is 4.74. The van der Waals surface area contributed by atoms with Gasteiger partial charge in [0.1, 0.15) is 0 Å². The number of rotatable bonds is 4. The third-order valence-corrected chi connectivity index (χ3v) is 7.20. The topological polar surface area (TPSA) is 52.7 Å². The van der Waals surface area contributed by atoms with Crippen LogP contribution in [0.15, 0.2) is 24.3 Å². The number of halogens is 1. The molecule has 0 spiro atoms. The van der Waals surface area contributed by atoms with Gasteiger partial charge >= 0.3 is 0 Å². The SMILES string of the molecule is CCc1ccc(C2CNCCN2S(=O)(=O)N2CCCCCC2)cc1.Cl. The summed E-state index contributed by atoms with van der Waals surface area (Å²) in [4.78, 5) is 0. The highest BCUT2D eigenvalue weighted by atomic mass is 35.5. The van der Waals surface area contributed by atoms with Crippen LogP contribution in [0.3, 0.4) is 0 Å². The quantitative estimate of drug-likeness (QED) is 0.864. The van der Waals surface area contributed by atoms with Gasteiger partial charge in [-0.15, -0.1) is 12.4 Å². The van der Waals surface area contributed by atoms with Crippen molar-refractivity contribution in [2.75, 3.05) is 32.7 Å². The van der Waals surface area contributed by atoms with Crippen molar-refractivity contribution in [3.63, 3.8) is 0 Å². The highest BCUT2D eigenvalue weighted by Crippen LogP contribution is 2.28. The van der Waals surface area contributed by atoms with Gasteiger partial charge in [0.05, 0.1) is 6.04 Å². The number of piperazine rings is 1. The molecule has 1 unspecified atom stereocenters. The molecule has 0 aliphatic carbocycles. The predicted octanol–water partition coefficient (Wildman–Crippen LogP) is 2.74. The van der Waals surface area contributed by atoms with E-state index in [-0.39, 0.29) is 18.4 Å². The van der Waals surface area contributed by atoms with Crippen LogP contribution < -0.4 is 5.32 Å². The summed E-state index contributed by atoms with van der Waals surface area (Å²) in [5.41, 5.74) is 2.36. The second-order valence-electron chi connectivity index (χ2n) is 6.75. The van der Waals surface area contributed by atoms with Gasteiger partial charge < -0.3 is 5.32 Å². The standard InChI is InChI=1S/C18H29N3O2S.ClH/c1-2-16-7-9-17(10-8-16)18-15-19-11-14-21(18)24(22,23)20-12-5-3-4-6-13-20;/h7-10,18-19H,2-6,11-15H2,1H3;1H. The number of hydrogen-bond acceptors (Lipinski definition) is 3. The molecule has 2 aliphatic rings. The Morgan fingerprint density at radius 2 is 1.68 bits per heavy atom. The number of hydrogen-bond donors (Lipinski definition) is 1. The van der Waals surface area contributed by atoms with Crippen LogP contribution in [-0.2, 0) is 16.6 Å². The van der Waals surface area contributed by atoms with Crippen molar-refractivity contribution in [2.45, 2.75) is 45.1 Å². The first kappa shape index (κ1) is 20.6. The maximum absolute atomic E-state index is 13.2. The average molecular weight is 388 g/mol. The number of nitrogens with one attached hydrogen (secondary N) is 1. The summed E-state index contributed by atoms with van der Waals surface area (Å²) in [5.74, 6) is 0. The van der Waals surface area contributed by atoms with E-state index in [2.05, 4.69) is 36.5 Å². The van der Waals surface area contributed by atoms with Gasteiger partial charge in [0.2, 0.25) is 0 Å². The summed E-state index contributed by atoms with van der Waals surface area (Å²) in [6.07, 6.45) is 5.21. The minimum Gasteiger partial charge on any atom is -0.313 e. The van der Waals surface area contributed by atoms with Crippen LogP contribution in [-0.4, -0.2) is 49.8 Å². The fourth-order valence-electron chi connectivity index (χ4n) is 3.64. The fraction of sp³-hybridized carbons (Fsp3) is 0.667. The molecule has 1 aromatic rings. The summed E-state index contributed by atoms with van der Waals surface area (Å²) in [5, 5.41) is 3.35. The molecule has 7 heteroatoms. The van der Waals surface area contributed by atoms with E-state index >= 15 is 0 Å². The summed E-state index contributed by atoms with van der Waals surface area (Å²) < 4.78 is 29.9. The smallest absolute Gasteiger partial charge is 0.282 e. The molecule has 3 rings (SSSR count). The lowest BCUT2D eigenvalue weighted by atomic mass is 10.0.